The smallest absolute Gasteiger partial charge is 0.391 e. The van der Waals surface area contributed by atoms with Gasteiger partial charge in [0.15, 0.2) is 0 Å². The molecule has 7 heteroatoms. The van der Waals surface area contributed by atoms with Gasteiger partial charge < -0.3 is 14.5 Å². The monoisotopic (exact) mass is 242 g/mol. The summed E-state index contributed by atoms with van der Waals surface area (Å²) >= 11 is 0. The van der Waals surface area contributed by atoms with Gasteiger partial charge in [-0.2, -0.15) is 0 Å². The molecule has 15 heavy (non-hydrogen) atoms. The van der Waals surface area contributed by atoms with Gasteiger partial charge in [-0.05, 0) is 6.92 Å². The van der Waals surface area contributed by atoms with Crippen molar-refractivity contribution in [2.45, 2.75) is 13.0 Å². The molecular formula is C8H21NO5P+. The number of hydrogen-bond donors (Lipinski definition) is 2. The van der Waals surface area contributed by atoms with Gasteiger partial charge in [-0.15, -0.1) is 0 Å². The number of aliphatic hydroxyl groups excluding tert-OH is 1. The molecular weight excluding hydrogens is 221 g/mol. The summed E-state index contributed by atoms with van der Waals surface area (Å²) in [6.45, 7) is 1.99. The highest BCUT2D eigenvalue weighted by Crippen LogP contribution is 2.42. The molecule has 0 fully saturated rings. The summed E-state index contributed by atoms with van der Waals surface area (Å²) < 4.78 is 21.1. The van der Waals surface area contributed by atoms with Crippen molar-refractivity contribution in [1.29, 1.82) is 0 Å². The quantitative estimate of drug-likeness (QED) is 0.493. The Labute approximate surface area is 90.6 Å². The predicted molar refractivity (Wildman–Crippen MR) is 56.3 cm³/mol. The van der Waals surface area contributed by atoms with Gasteiger partial charge in [0.1, 0.15) is 13.2 Å². The van der Waals surface area contributed by atoms with Crippen LogP contribution in [0.2, 0.25) is 0 Å². The molecule has 6 nitrogen and oxygen atoms in total. The van der Waals surface area contributed by atoms with Gasteiger partial charge >= 0.3 is 7.82 Å². The van der Waals surface area contributed by atoms with E-state index in [0.717, 1.165) is 0 Å². The average molecular weight is 242 g/mol. The first-order valence-corrected chi connectivity index (χ1v) is 6.22. The first-order valence-electron chi connectivity index (χ1n) is 4.73. The topological polar surface area (TPSA) is 76.0 Å². The lowest BCUT2D eigenvalue weighted by Gasteiger charge is -2.24. The summed E-state index contributed by atoms with van der Waals surface area (Å²) in [5.41, 5.74) is 0. The van der Waals surface area contributed by atoms with Gasteiger partial charge in [-0.3, -0.25) is 9.05 Å². The highest BCUT2D eigenvalue weighted by molar-refractivity contribution is 7.47. The van der Waals surface area contributed by atoms with Crippen LogP contribution in [0, 0.1) is 0 Å². The second kappa shape index (κ2) is 5.94. The van der Waals surface area contributed by atoms with Crippen LogP contribution in [0.1, 0.15) is 6.92 Å². The zero-order chi connectivity index (χ0) is 12.1. The van der Waals surface area contributed by atoms with Crippen LogP contribution in [-0.2, 0) is 13.6 Å². The minimum Gasteiger partial charge on any atom is -0.391 e. The van der Waals surface area contributed by atoms with Crippen LogP contribution in [0.25, 0.3) is 0 Å². The Kier molecular flexibility index (Phi) is 5.95. The van der Waals surface area contributed by atoms with Crippen molar-refractivity contribution in [3.63, 3.8) is 0 Å². The number of aliphatic hydroxyl groups is 1. The van der Waals surface area contributed by atoms with Crippen LogP contribution in [0.5, 0.6) is 0 Å². The Morgan fingerprint density at radius 3 is 2.27 bits per heavy atom. The molecule has 0 heterocycles. The van der Waals surface area contributed by atoms with Gasteiger partial charge in [-0.1, -0.05) is 0 Å². The van der Waals surface area contributed by atoms with E-state index in [4.69, 9.17) is 14.5 Å². The fourth-order valence-electron chi connectivity index (χ4n) is 0.669. The Balaban J connectivity index is 3.79. The normalized spacial score (nSPS) is 18.5. The van der Waals surface area contributed by atoms with Crippen molar-refractivity contribution in [3.8, 4) is 0 Å². The van der Waals surface area contributed by atoms with Crippen molar-refractivity contribution in [1.82, 2.24) is 0 Å². The fourth-order valence-corrected chi connectivity index (χ4v) is 1.46. The maximum absolute atomic E-state index is 11.2. The Hall–Kier alpha value is 0.0300. The molecule has 0 aliphatic rings. The van der Waals surface area contributed by atoms with E-state index in [1.807, 2.05) is 21.1 Å². The number of rotatable bonds is 7. The average Bonchev–Trinajstić information content (AvgIpc) is 1.98. The lowest BCUT2D eigenvalue weighted by molar-refractivity contribution is -0.870. The van der Waals surface area contributed by atoms with Crippen LogP contribution < -0.4 is 0 Å². The Morgan fingerprint density at radius 1 is 1.33 bits per heavy atom. The molecule has 0 rings (SSSR count). The molecule has 0 amide bonds. The van der Waals surface area contributed by atoms with E-state index in [9.17, 15) is 4.57 Å². The summed E-state index contributed by atoms with van der Waals surface area (Å²) in [7, 11) is 1.84. The zero-order valence-corrected chi connectivity index (χ0v) is 10.6. The molecule has 0 radical (unpaired) electrons. The van der Waals surface area contributed by atoms with E-state index in [-0.39, 0.29) is 13.2 Å². The van der Waals surface area contributed by atoms with E-state index >= 15 is 0 Å². The summed E-state index contributed by atoms with van der Waals surface area (Å²) in [5, 5.41) is 8.85. The number of phosphoric acid groups is 1. The summed E-state index contributed by atoms with van der Waals surface area (Å²) in [6, 6.07) is 0. The third-order valence-corrected chi connectivity index (χ3v) is 2.48. The lowest BCUT2D eigenvalue weighted by Crippen LogP contribution is -2.37. The van der Waals surface area contributed by atoms with E-state index < -0.39 is 13.9 Å². The van der Waals surface area contributed by atoms with Crippen LogP contribution in [0.15, 0.2) is 0 Å². The molecule has 0 spiro atoms. The maximum atomic E-state index is 11.2. The van der Waals surface area contributed by atoms with Crippen molar-refractivity contribution in [3.05, 3.63) is 0 Å². The van der Waals surface area contributed by atoms with Gasteiger partial charge in [0, 0.05) is 0 Å². The highest BCUT2D eigenvalue weighted by Gasteiger charge is 2.22. The van der Waals surface area contributed by atoms with Gasteiger partial charge in [-0.25, -0.2) is 4.57 Å². The molecule has 92 valence electrons. The summed E-state index contributed by atoms with van der Waals surface area (Å²) in [4.78, 5) is 9.15. The minimum absolute atomic E-state index is 0.136. The molecule has 0 aromatic carbocycles. The minimum atomic E-state index is -4.00. The molecule has 0 aromatic heterocycles. The van der Waals surface area contributed by atoms with Crippen molar-refractivity contribution >= 4 is 7.82 Å². The maximum Gasteiger partial charge on any atom is 0.472 e. The van der Waals surface area contributed by atoms with Gasteiger partial charge in [0.25, 0.3) is 0 Å². The van der Waals surface area contributed by atoms with E-state index in [0.29, 0.717) is 11.0 Å². The number of phosphoric ester groups is 1. The molecule has 2 atom stereocenters. The molecule has 0 aliphatic carbocycles. The Morgan fingerprint density at radius 2 is 1.87 bits per heavy atom. The second-order valence-electron chi connectivity index (χ2n) is 4.46. The Bertz CT molecular complexity index is 226. The third-order valence-electron chi connectivity index (χ3n) is 1.50. The van der Waals surface area contributed by atoms with Crippen molar-refractivity contribution in [2.24, 2.45) is 0 Å². The molecule has 2 N–H and O–H groups in total. The van der Waals surface area contributed by atoms with E-state index in [2.05, 4.69) is 4.52 Å². The van der Waals surface area contributed by atoms with Crippen LogP contribution in [0.4, 0.5) is 0 Å². The van der Waals surface area contributed by atoms with Crippen LogP contribution in [0.3, 0.4) is 0 Å². The first kappa shape index (κ1) is 15.0. The second-order valence-corrected chi connectivity index (χ2v) is 5.91. The van der Waals surface area contributed by atoms with Crippen molar-refractivity contribution in [2.75, 3.05) is 40.9 Å². The standard InChI is InChI=1S/C8H20NO5P/c1-8(10)7-14-15(11,12)13-6-5-9(2,3)4/h8,10H,5-7H2,1-4H3/p+1. The third kappa shape index (κ3) is 10.3. The van der Waals surface area contributed by atoms with Crippen LogP contribution >= 0.6 is 7.82 Å². The van der Waals surface area contributed by atoms with Crippen molar-refractivity contribution < 1.29 is 28.1 Å². The fraction of sp³-hybridized carbons (Fsp3) is 1.00. The van der Waals surface area contributed by atoms with E-state index in [1.165, 1.54) is 6.92 Å². The molecule has 0 bridgehead atoms. The molecule has 0 saturated carbocycles. The number of nitrogens with zero attached hydrogens (tertiary/aromatic N) is 1. The van der Waals surface area contributed by atoms with Gasteiger partial charge in [0.2, 0.25) is 0 Å². The lowest BCUT2D eigenvalue weighted by atomic mass is 10.5. The number of quaternary nitrogens is 1. The first-order chi connectivity index (χ1) is 6.62. The predicted octanol–water partition coefficient (Wildman–Crippen LogP) is 0.207. The summed E-state index contributed by atoms with van der Waals surface area (Å²) in [5.74, 6) is 0. The molecule has 0 saturated heterocycles. The van der Waals surface area contributed by atoms with Gasteiger partial charge in [0.05, 0.1) is 33.9 Å². The highest BCUT2D eigenvalue weighted by atomic mass is 31.2. The SMILES string of the molecule is CC(O)COP(=O)(O)OCC[N+](C)(C)C. The molecule has 0 aliphatic heterocycles. The zero-order valence-electron chi connectivity index (χ0n) is 9.71. The molecule has 0 aromatic rings. The van der Waals surface area contributed by atoms with Crippen LogP contribution in [-0.4, -0.2) is 61.5 Å². The number of likely N-dealkylation sites (N-methyl/N-ethyl adjacent to an activating group) is 1. The van der Waals surface area contributed by atoms with E-state index in [1.54, 1.807) is 0 Å². The summed E-state index contributed by atoms with van der Waals surface area (Å²) in [6.07, 6.45) is -0.785. The largest absolute Gasteiger partial charge is 0.472 e. The number of hydrogen-bond acceptors (Lipinski definition) is 4. The molecule has 2 unspecified atom stereocenters.